The summed E-state index contributed by atoms with van der Waals surface area (Å²) in [5.74, 6) is -0.942. The average Bonchev–Trinajstić information content (AvgIpc) is 2.67. The molecule has 2 aliphatic heterocycles. The summed E-state index contributed by atoms with van der Waals surface area (Å²) in [7, 11) is -3.88. The van der Waals surface area contributed by atoms with E-state index in [1.165, 1.54) is 6.07 Å². The van der Waals surface area contributed by atoms with Crippen molar-refractivity contribution in [2.75, 3.05) is 36.4 Å². The zero-order valence-electron chi connectivity index (χ0n) is 14.4. The van der Waals surface area contributed by atoms with Gasteiger partial charge in [-0.25, -0.2) is 12.8 Å². The van der Waals surface area contributed by atoms with Crippen molar-refractivity contribution < 1.29 is 17.6 Å². The van der Waals surface area contributed by atoms with Crippen molar-refractivity contribution in [3.63, 3.8) is 0 Å². The van der Waals surface area contributed by atoms with Gasteiger partial charge in [0.15, 0.2) is 6.17 Å². The standard InChI is InChI=1S/C18H19FN4O3S/c19-13-6-7-16-15(12-13)20-17(21-27(16,25)26)18(24)23-10-8-22(9-11-23)14-4-2-1-3-5-14/h1-7,12,17,20-21H,8-11H2/t17-/m1/s1. The number of nitrogens with zero attached hydrogens (tertiary/aromatic N) is 2. The van der Waals surface area contributed by atoms with Crippen molar-refractivity contribution in [1.82, 2.24) is 9.62 Å². The molecule has 2 aromatic rings. The molecule has 9 heteroatoms. The van der Waals surface area contributed by atoms with Crippen LogP contribution in [-0.2, 0) is 14.8 Å². The van der Waals surface area contributed by atoms with Crippen LogP contribution < -0.4 is 14.9 Å². The molecule has 2 heterocycles. The third-order valence-electron chi connectivity index (χ3n) is 4.76. The molecular weight excluding hydrogens is 371 g/mol. The Morgan fingerprint density at radius 2 is 1.74 bits per heavy atom. The lowest BCUT2D eigenvalue weighted by Crippen LogP contribution is -2.58. The highest BCUT2D eigenvalue weighted by Gasteiger charge is 2.36. The summed E-state index contributed by atoms with van der Waals surface area (Å²) in [6, 6.07) is 13.2. The Morgan fingerprint density at radius 1 is 1.04 bits per heavy atom. The molecule has 0 spiro atoms. The van der Waals surface area contributed by atoms with Crippen LogP contribution in [0, 0.1) is 5.82 Å². The van der Waals surface area contributed by atoms with Crippen molar-refractivity contribution in [1.29, 1.82) is 0 Å². The van der Waals surface area contributed by atoms with Crippen LogP contribution >= 0.6 is 0 Å². The van der Waals surface area contributed by atoms with Crippen LogP contribution in [-0.4, -0.2) is 51.6 Å². The average molecular weight is 390 g/mol. The summed E-state index contributed by atoms with van der Waals surface area (Å²) in [4.78, 5) is 16.5. The third-order valence-corrected chi connectivity index (χ3v) is 6.24. The van der Waals surface area contributed by atoms with E-state index in [9.17, 15) is 17.6 Å². The van der Waals surface area contributed by atoms with Gasteiger partial charge < -0.3 is 15.1 Å². The van der Waals surface area contributed by atoms with Crippen molar-refractivity contribution in [3.8, 4) is 0 Å². The number of rotatable bonds is 2. The first-order chi connectivity index (χ1) is 12.9. The number of piperazine rings is 1. The lowest BCUT2D eigenvalue weighted by Gasteiger charge is -2.38. The van der Waals surface area contributed by atoms with Crippen LogP contribution in [0.3, 0.4) is 0 Å². The van der Waals surface area contributed by atoms with E-state index in [2.05, 4.69) is 14.9 Å². The maximum atomic E-state index is 13.5. The van der Waals surface area contributed by atoms with Crippen LogP contribution in [0.15, 0.2) is 53.4 Å². The van der Waals surface area contributed by atoms with Crippen LogP contribution in [0.1, 0.15) is 0 Å². The van der Waals surface area contributed by atoms with Gasteiger partial charge in [-0.2, -0.15) is 4.72 Å². The molecule has 142 valence electrons. The Hall–Kier alpha value is -2.65. The van der Waals surface area contributed by atoms with E-state index >= 15 is 0 Å². The maximum absolute atomic E-state index is 13.5. The first kappa shape index (κ1) is 17.7. The Balaban J connectivity index is 1.46. The monoisotopic (exact) mass is 390 g/mol. The quantitative estimate of drug-likeness (QED) is 0.806. The molecule has 0 aromatic heterocycles. The highest BCUT2D eigenvalue weighted by molar-refractivity contribution is 7.89. The predicted molar refractivity (Wildman–Crippen MR) is 99.4 cm³/mol. The number of para-hydroxylation sites is 1. The Kier molecular flexibility index (Phi) is 4.48. The molecule has 1 saturated heterocycles. The summed E-state index contributed by atoms with van der Waals surface area (Å²) in [5.41, 5.74) is 1.18. The summed E-state index contributed by atoms with van der Waals surface area (Å²) in [6.07, 6.45) is -1.15. The van der Waals surface area contributed by atoms with Crippen LogP contribution in [0.25, 0.3) is 0 Å². The molecule has 1 amide bonds. The first-order valence-electron chi connectivity index (χ1n) is 8.61. The van der Waals surface area contributed by atoms with Crippen molar-refractivity contribution in [2.45, 2.75) is 11.1 Å². The summed E-state index contributed by atoms with van der Waals surface area (Å²) in [6.45, 7) is 2.26. The molecule has 0 radical (unpaired) electrons. The summed E-state index contributed by atoms with van der Waals surface area (Å²) >= 11 is 0. The highest BCUT2D eigenvalue weighted by atomic mass is 32.2. The van der Waals surface area contributed by atoms with Gasteiger partial charge in [-0.15, -0.1) is 0 Å². The molecular formula is C18H19FN4O3S. The molecule has 27 heavy (non-hydrogen) atoms. The third kappa shape index (κ3) is 3.47. The molecule has 0 unspecified atom stereocenters. The molecule has 1 fully saturated rings. The number of halogens is 1. The Labute approximate surface area is 156 Å². The molecule has 2 aliphatic rings. The number of benzene rings is 2. The van der Waals surface area contributed by atoms with E-state index in [4.69, 9.17) is 0 Å². The number of anilines is 2. The Morgan fingerprint density at radius 3 is 2.44 bits per heavy atom. The second-order valence-corrected chi connectivity index (χ2v) is 8.17. The minimum absolute atomic E-state index is 0.0677. The fraction of sp³-hybridized carbons (Fsp3) is 0.278. The largest absolute Gasteiger partial charge is 0.368 e. The number of amides is 1. The zero-order valence-corrected chi connectivity index (χ0v) is 15.2. The maximum Gasteiger partial charge on any atom is 0.261 e. The van der Waals surface area contributed by atoms with Crippen LogP contribution in [0.2, 0.25) is 0 Å². The predicted octanol–water partition coefficient (Wildman–Crippen LogP) is 1.20. The van der Waals surface area contributed by atoms with Gasteiger partial charge in [0.2, 0.25) is 10.0 Å². The molecule has 7 nitrogen and oxygen atoms in total. The topological polar surface area (TPSA) is 81.7 Å². The van der Waals surface area contributed by atoms with E-state index < -0.39 is 22.0 Å². The number of sulfonamides is 1. The van der Waals surface area contributed by atoms with E-state index in [0.717, 1.165) is 17.8 Å². The van der Waals surface area contributed by atoms with Crippen LogP contribution in [0.5, 0.6) is 0 Å². The molecule has 0 aliphatic carbocycles. The van der Waals surface area contributed by atoms with Gasteiger partial charge in [0.25, 0.3) is 5.91 Å². The number of fused-ring (bicyclic) bond motifs is 1. The fourth-order valence-corrected chi connectivity index (χ4v) is 4.62. The van der Waals surface area contributed by atoms with Crippen LogP contribution in [0.4, 0.5) is 15.8 Å². The lowest BCUT2D eigenvalue weighted by atomic mass is 10.2. The minimum Gasteiger partial charge on any atom is -0.368 e. The number of nitrogens with one attached hydrogen (secondary N) is 2. The van der Waals surface area contributed by atoms with Gasteiger partial charge in [0.05, 0.1) is 5.69 Å². The normalized spacial score (nSPS) is 21.3. The van der Waals surface area contributed by atoms with E-state index in [1.54, 1.807) is 4.90 Å². The second-order valence-electron chi connectivity index (χ2n) is 6.49. The van der Waals surface area contributed by atoms with Gasteiger partial charge in [-0.05, 0) is 30.3 Å². The van der Waals surface area contributed by atoms with Gasteiger partial charge >= 0.3 is 0 Å². The number of carbonyl (C=O) groups is 1. The second kappa shape index (κ2) is 6.82. The van der Waals surface area contributed by atoms with Crippen molar-refractivity contribution in [2.24, 2.45) is 0 Å². The minimum atomic E-state index is -3.88. The zero-order chi connectivity index (χ0) is 19.0. The molecule has 4 rings (SSSR count). The molecule has 0 saturated carbocycles. The highest BCUT2D eigenvalue weighted by Crippen LogP contribution is 2.27. The lowest BCUT2D eigenvalue weighted by molar-refractivity contribution is -0.132. The molecule has 2 N–H and O–H groups in total. The molecule has 1 atom stereocenters. The van der Waals surface area contributed by atoms with Crippen molar-refractivity contribution in [3.05, 3.63) is 54.3 Å². The summed E-state index contributed by atoms with van der Waals surface area (Å²) in [5, 5.41) is 2.80. The number of hydrogen-bond donors (Lipinski definition) is 2. The van der Waals surface area contributed by atoms with Gasteiger partial charge in [-0.3, -0.25) is 4.79 Å². The Bertz CT molecular complexity index is 960. The number of hydrogen-bond acceptors (Lipinski definition) is 5. The van der Waals surface area contributed by atoms with E-state index in [0.29, 0.717) is 26.2 Å². The molecule has 0 bridgehead atoms. The van der Waals surface area contributed by atoms with Gasteiger partial charge in [0, 0.05) is 31.9 Å². The van der Waals surface area contributed by atoms with E-state index in [1.807, 2.05) is 30.3 Å². The van der Waals surface area contributed by atoms with Gasteiger partial charge in [-0.1, -0.05) is 18.2 Å². The molecule has 2 aromatic carbocycles. The first-order valence-corrected chi connectivity index (χ1v) is 10.1. The fourth-order valence-electron chi connectivity index (χ4n) is 3.37. The van der Waals surface area contributed by atoms with Gasteiger partial charge in [0.1, 0.15) is 10.7 Å². The summed E-state index contributed by atoms with van der Waals surface area (Å²) < 4.78 is 40.6. The SMILES string of the molecule is O=C([C@@H]1Nc2cc(F)ccc2S(=O)(=O)N1)N1CCN(c2ccccc2)CC1. The number of carbonyl (C=O) groups excluding carboxylic acids is 1. The van der Waals surface area contributed by atoms with Crippen molar-refractivity contribution >= 4 is 27.3 Å². The van der Waals surface area contributed by atoms with E-state index in [-0.39, 0.29) is 16.5 Å². The smallest absolute Gasteiger partial charge is 0.261 e.